The van der Waals surface area contributed by atoms with E-state index in [2.05, 4.69) is 9.97 Å². The van der Waals surface area contributed by atoms with E-state index in [4.69, 9.17) is 4.42 Å². The Morgan fingerprint density at radius 2 is 2.04 bits per heavy atom. The topological polar surface area (TPSA) is 62.1 Å². The molecule has 0 saturated heterocycles. The van der Waals surface area contributed by atoms with Gasteiger partial charge >= 0.3 is 0 Å². The molecule has 2 aromatic carbocycles. The number of nitrogens with one attached hydrogen (secondary N) is 1. The number of amides is 1. The maximum absolute atomic E-state index is 13.9. The lowest BCUT2D eigenvalue weighted by molar-refractivity contribution is 0.0751. The minimum absolute atomic E-state index is 0.112. The molecule has 0 aliphatic rings. The molecule has 4 aromatic rings. The van der Waals surface area contributed by atoms with Gasteiger partial charge in [-0.15, -0.1) is 0 Å². The van der Waals surface area contributed by atoms with Crippen molar-refractivity contribution in [1.29, 1.82) is 0 Å². The van der Waals surface area contributed by atoms with E-state index in [1.165, 1.54) is 11.0 Å². The van der Waals surface area contributed by atoms with Crippen LogP contribution < -0.4 is 0 Å². The van der Waals surface area contributed by atoms with Crippen LogP contribution in [0.1, 0.15) is 21.9 Å². The third-order valence-electron chi connectivity index (χ3n) is 4.28. The summed E-state index contributed by atoms with van der Waals surface area (Å²) in [7, 11) is 1.67. The van der Waals surface area contributed by atoms with Gasteiger partial charge < -0.3 is 14.3 Å². The Morgan fingerprint density at radius 3 is 2.80 bits per heavy atom. The average Bonchev–Trinajstić information content (AvgIpc) is 3.16. The number of fused-ring (bicyclic) bond motifs is 2. The van der Waals surface area contributed by atoms with E-state index in [0.29, 0.717) is 23.3 Å². The van der Waals surface area contributed by atoms with Crippen LogP contribution in [-0.4, -0.2) is 27.8 Å². The van der Waals surface area contributed by atoms with E-state index in [0.717, 1.165) is 11.0 Å². The molecule has 1 N–H and O–H groups in total. The van der Waals surface area contributed by atoms with Crippen molar-refractivity contribution in [1.82, 2.24) is 14.9 Å². The van der Waals surface area contributed by atoms with Gasteiger partial charge in [-0.25, -0.2) is 9.37 Å². The predicted molar refractivity (Wildman–Crippen MR) is 92.8 cm³/mol. The third-order valence-corrected chi connectivity index (χ3v) is 4.28. The van der Waals surface area contributed by atoms with Gasteiger partial charge in [-0.3, -0.25) is 4.79 Å². The number of carbonyl (C=O) groups excluding carboxylic acids is 1. The summed E-state index contributed by atoms with van der Waals surface area (Å²) >= 11 is 0. The number of halogens is 1. The fourth-order valence-electron chi connectivity index (χ4n) is 2.96. The first-order valence-electron chi connectivity index (χ1n) is 7.91. The van der Waals surface area contributed by atoms with Crippen molar-refractivity contribution in [3.63, 3.8) is 0 Å². The summed E-state index contributed by atoms with van der Waals surface area (Å²) in [4.78, 5) is 21.9. The number of para-hydroxylation sites is 3. The van der Waals surface area contributed by atoms with Crippen LogP contribution in [0.2, 0.25) is 0 Å². The zero-order valence-electron chi connectivity index (χ0n) is 13.8. The molecule has 0 unspecified atom stereocenters. The number of imidazole rings is 1. The second-order valence-corrected chi connectivity index (χ2v) is 6.03. The number of H-pyrrole nitrogens is 1. The number of furan rings is 1. The number of benzene rings is 2. The minimum Gasteiger partial charge on any atom is -0.448 e. The van der Waals surface area contributed by atoms with Crippen LogP contribution in [0.3, 0.4) is 0 Å². The van der Waals surface area contributed by atoms with Gasteiger partial charge in [-0.1, -0.05) is 24.3 Å². The van der Waals surface area contributed by atoms with E-state index in [1.807, 2.05) is 24.3 Å². The van der Waals surface area contributed by atoms with Crippen LogP contribution in [-0.2, 0) is 6.54 Å². The molecule has 5 nitrogen and oxygen atoms in total. The molecule has 0 radical (unpaired) electrons. The Labute approximate surface area is 143 Å². The summed E-state index contributed by atoms with van der Waals surface area (Å²) in [6.45, 7) is 2.06. The first-order chi connectivity index (χ1) is 12.0. The van der Waals surface area contributed by atoms with Gasteiger partial charge in [0.25, 0.3) is 5.91 Å². The summed E-state index contributed by atoms with van der Waals surface area (Å²) in [5.41, 5.74) is 2.51. The molecule has 0 fully saturated rings. The molecule has 6 heteroatoms. The molecule has 0 aliphatic heterocycles. The number of nitrogens with zero attached hydrogens (tertiary/aromatic N) is 2. The minimum atomic E-state index is -0.473. The maximum Gasteiger partial charge on any atom is 0.290 e. The summed E-state index contributed by atoms with van der Waals surface area (Å²) in [5.74, 6) is 0.0452. The Morgan fingerprint density at radius 1 is 1.24 bits per heavy atom. The highest BCUT2D eigenvalue weighted by atomic mass is 19.1. The second kappa shape index (κ2) is 5.73. The maximum atomic E-state index is 13.9. The summed E-state index contributed by atoms with van der Waals surface area (Å²) in [5, 5.41) is 0.612. The fraction of sp³-hybridized carbons (Fsp3) is 0.158. The zero-order chi connectivity index (χ0) is 17.6. The van der Waals surface area contributed by atoms with E-state index in [1.54, 1.807) is 26.1 Å². The van der Waals surface area contributed by atoms with E-state index in [9.17, 15) is 9.18 Å². The van der Waals surface area contributed by atoms with Crippen molar-refractivity contribution in [3.05, 3.63) is 65.4 Å². The van der Waals surface area contributed by atoms with Crippen molar-refractivity contribution in [2.75, 3.05) is 7.05 Å². The molecule has 0 atom stereocenters. The Bertz CT molecular complexity index is 1060. The smallest absolute Gasteiger partial charge is 0.290 e. The van der Waals surface area contributed by atoms with Gasteiger partial charge in [0.05, 0.1) is 17.6 Å². The summed E-state index contributed by atoms with van der Waals surface area (Å²) in [6, 6.07) is 12.3. The monoisotopic (exact) mass is 337 g/mol. The van der Waals surface area contributed by atoms with Crippen molar-refractivity contribution in [2.24, 2.45) is 0 Å². The molecular formula is C19H16FN3O2. The lowest BCUT2D eigenvalue weighted by Crippen LogP contribution is -2.26. The van der Waals surface area contributed by atoms with Gasteiger partial charge in [0.15, 0.2) is 17.2 Å². The average molecular weight is 337 g/mol. The Balaban J connectivity index is 1.64. The fourth-order valence-corrected chi connectivity index (χ4v) is 2.96. The molecule has 0 saturated carbocycles. The van der Waals surface area contributed by atoms with Gasteiger partial charge in [0, 0.05) is 18.0 Å². The van der Waals surface area contributed by atoms with E-state index >= 15 is 0 Å². The number of aromatic amines is 1. The lowest BCUT2D eigenvalue weighted by atomic mass is 10.1. The van der Waals surface area contributed by atoms with E-state index < -0.39 is 5.82 Å². The van der Waals surface area contributed by atoms with Crippen LogP contribution in [0, 0.1) is 12.7 Å². The van der Waals surface area contributed by atoms with Gasteiger partial charge in [-0.2, -0.15) is 0 Å². The number of hydrogen-bond acceptors (Lipinski definition) is 3. The van der Waals surface area contributed by atoms with Crippen molar-refractivity contribution in [3.8, 4) is 0 Å². The molecule has 126 valence electrons. The SMILES string of the molecule is Cc1c(C(=O)N(C)Cc2nc3ccccc3[nH]2)oc2c(F)cccc12. The summed E-state index contributed by atoms with van der Waals surface area (Å²) < 4.78 is 19.4. The van der Waals surface area contributed by atoms with Crippen LogP contribution in [0.5, 0.6) is 0 Å². The number of aryl methyl sites for hydroxylation is 1. The van der Waals surface area contributed by atoms with Gasteiger partial charge in [0.1, 0.15) is 5.82 Å². The standard InChI is InChI=1S/C19H16FN3O2/c1-11-12-6-5-7-13(20)18(12)25-17(11)19(24)23(2)10-16-21-14-8-3-4-9-15(14)22-16/h3-9H,10H2,1-2H3,(H,21,22). The lowest BCUT2D eigenvalue weighted by Gasteiger charge is -2.14. The van der Waals surface area contributed by atoms with E-state index in [-0.39, 0.29) is 17.3 Å². The van der Waals surface area contributed by atoms with Crippen molar-refractivity contribution in [2.45, 2.75) is 13.5 Å². The molecule has 0 bridgehead atoms. The molecule has 25 heavy (non-hydrogen) atoms. The molecule has 0 spiro atoms. The van der Waals surface area contributed by atoms with Gasteiger partial charge in [0.2, 0.25) is 0 Å². The Hall–Kier alpha value is -3.15. The molecule has 1 amide bonds. The first-order valence-corrected chi connectivity index (χ1v) is 7.91. The van der Waals surface area contributed by atoms with Gasteiger partial charge in [-0.05, 0) is 25.1 Å². The first kappa shape index (κ1) is 15.4. The largest absolute Gasteiger partial charge is 0.448 e. The highest BCUT2D eigenvalue weighted by Gasteiger charge is 2.23. The van der Waals surface area contributed by atoms with Crippen molar-refractivity contribution >= 4 is 27.9 Å². The number of aromatic nitrogens is 2. The zero-order valence-corrected chi connectivity index (χ0v) is 13.8. The molecule has 2 aromatic heterocycles. The molecular weight excluding hydrogens is 321 g/mol. The number of carbonyl (C=O) groups is 1. The normalized spacial score (nSPS) is 11.3. The van der Waals surface area contributed by atoms with Crippen LogP contribution >= 0.6 is 0 Å². The van der Waals surface area contributed by atoms with Crippen LogP contribution in [0.4, 0.5) is 4.39 Å². The molecule has 2 heterocycles. The Kier molecular flexibility index (Phi) is 3.53. The predicted octanol–water partition coefficient (Wildman–Crippen LogP) is 4.03. The van der Waals surface area contributed by atoms with Crippen LogP contribution in [0.15, 0.2) is 46.9 Å². The highest BCUT2D eigenvalue weighted by Crippen LogP contribution is 2.28. The number of rotatable bonds is 3. The van der Waals surface area contributed by atoms with Crippen molar-refractivity contribution < 1.29 is 13.6 Å². The van der Waals surface area contributed by atoms with Crippen LogP contribution in [0.25, 0.3) is 22.0 Å². The number of hydrogen-bond donors (Lipinski definition) is 1. The second-order valence-electron chi connectivity index (χ2n) is 6.03. The highest BCUT2D eigenvalue weighted by molar-refractivity contribution is 5.98. The molecule has 4 rings (SSSR count). The summed E-state index contributed by atoms with van der Waals surface area (Å²) in [6.07, 6.45) is 0. The molecule has 0 aliphatic carbocycles. The third kappa shape index (κ3) is 2.55. The quantitative estimate of drug-likeness (QED) is 0.614.